The molecule has 0 bridgehead atoms. The van der Waals surface area contributed by atoms with Gasteiger partial charge in [-0.25, -0.2) is 9.97 Å². The van der Waals surface area contributed by atoms with E-state index in [0.717, 1.165) is 62.5 Å². The Hall–Kier alpha value is -2.02. The van der Waals surface area contributed by atoms with E-state index in [1.165, 1.54) is 19.3 Å². The standard InChI is InChI=1S/C22H33N5O2/c1-3-19-6-4-5-9-26(19)15-21(29)27-10-7-17(13-27)22-23-12-18-14-25(16(2)28)11-8-20(18)24-22/h12,17,19H,3-11,13-15H2,1-2H3/t17-,19+/m0/s1. The third kappa shape index (κ3) is 4.44. The minimum atomic E-state index is 0.101. The molecule has 1 aromatic rings. The molecule has 2 amide bonds. The van der Waals surface area contributed by atoms with E-state index < -0.39 is 0 Å². The summed E-state index contributed by atoms with van der Waals surface area (Å²) in [5.41, 5.74) is 2.12. The van der Waals surface area contributed by atoms with Crippen molar-refractivity contribution in [3.05, 3.63) is 23.3 Å². The molecule has 2 atom stereocenters. The molecule has 0 unspecified atom stereocenters. The molecule has 0 aliphatic carbocycles. The Morgan fingerprint density at radius 3 is 2.79 bits per heavy atom. The van der Waals surface area contributed by atoms with Crippen LogP contribution in [0.3, 0.4) is 0 Å². The fourth-order valence-electron chi connectivity index (χ4n) is 5.00. The quantitative estimate of drug-likeness (QED) is 0.774. The Morgan fingerprint density at radius 2 is 2.00 bits per heavy atom. The molecule has 3 aliphatic heterocycles. The Morgan fingerprint density at radius 1 is 1.14 bits per heavy atom. The molecular formula is C22H33N5O2. The number of carbonyl (C=O) groups is 2. The lowest BCUT2D eigenvalue weighted by Gasteiger charge is -2.35. The maximum Gasteiger partial charge on any atom is 0.236 e. The summed E-state index contributed by atoms with van der Waals surface area (Å²) in [6.07, 6.45) is 8.44. The molecule has 29 heavy (non-hydrogen) atoms. The van der Waals surface area contributed by atoms with Crippen molar-refractivity contribution in [2.75, 3.05) is 32.7 Å². The highest BCUT2D eigenvalue weighted by molar-refractivity contribution is 5.78. The first kappa shape index (κ1) is 20.3. The molecule has 4 heterocycles. The molecule has 0 saturated carbocycles. The van der Waals surface area contributed by atoms with Crippen molar-refractivity contribution in [2.45, 2.75) is 70.9 Å². The van der Waals surface area contributed by atoms with Crippen molar-refractivity contribution in [1.29, 1.82) is 0 Å². The lowest BCUT2D eigenvalue weighted by atomic mass is 10.00. The molecule has 1 aromatic heterocycles. The van der Waals surface area contributed by atoms with Crippen molar-refractivity contribution >= 4 is 11.8 Å². The summed E-state index contributed by atoms with van der Waals surface area (Å²) in [4.78, 5) is 40.2. The highest BCUT2D eigenvalue weighted by atomic mass is 16.2. The lowest BCUT2D eigenvalue weighted by molar-refractivity contribution is -0.132. The van der Waals surface area contributed by atoms with Crippen LogP contribution in [0.5, 0.6) is 0 Å². The van der Waals surface area contributed by atoms with Gasteiger partial charge in [0.2, 0.25) is 11.8 Å². The number of fused-ring (bicyclic) bond motifs is 1. The second kappa shape index (κ2) is 8.78. The minimum absolute atomic E-state index is 0.101. The van der Waals surface area contributed by atoms with Gasteiger partial charge in [0.15, 0.2) is 0 Å². The number of amides is 2. The first-order valence-corrected chi connectivity index (χ1v) is 11.2. The third-order valence-corrected chi connectivity index (χ3v) is 6.86. The molecule has 2 fully saturated rings. The van der Waals surface area contributed by atoms with Crippen molar-refractivity contribution in [3.63, 3.8) is 0 Å². The van der Waals surface area contributed by atoms with Gasteiger partial charge >= 0.3 is 0 Å². The SMILES string of the molecule is CC[C@@H]1CCCCN1CC(=O)N1CC[C@H](c2ncc3c(n2)CCN(C(C)=O)C3)C1. The van der Waals surface area contributed by atoms with Crippen LogP contribution in [0.4, 0.5) is 0 Å². The summed E-state index contributed by atoms with van der Waals surface area (Å²) in [5.74, 6) is 1.43. The average molecular weight is 400 g/mol. The number of likely N-dealkylation sites (tertiary alicyclic amines) is 2. The van der Waals surface area contributed by atoms with Crippen LogP contribution in [0.1, 0.15) is 69.0 Å². The fourth-order valence-corrected chi connectivity index (χ4v) is 5.00. The summed E-state index contributed by atoms with van der Waals surface area (Å²) in [5, 5.41) is 0. The second-order valence-corrected chi connectivity index (χ2v) is 8.74. The number of hydrogen-bond donors (Lipinski definition) is 0. The van der Waals surface area contributed by atoms with Crippen LogP contribution < -0.4 is 0 Å². The molecule has 4 rings (SSSR count). The van der Waals surface area contributed by atoms with Gasteiger partial charge in [-0.15, -0.1) is 0 Å². The average Bonchev–Trinajstić information content (AvgIpc) is 3.24. The summed E-state index contributed by atoms with van der Waals surface area (Å²) in [6, 6.07) is 0.560. The van der Waals surface area contributed by atoms with Crippen LogP contribution in [-0.4, -0.2) is 75.2 Å². The van der Waals surface area contributed by atoms with Crippen LogP contribution in [0, 0.1) is 0 Å². The molecule has 7 heteroatoms. The topological polar surface area (TPSA) is 69.6 Å². The molecular weight excluding hydrogens is 366 g/mol. The maximum atomic E-state index is 12.9. The highest BCUT2D eigenvalue weighted by Gasteiger charge is 2.32. The van der Waals surface area contributed by atoms with Crippen molar-refractivity contribution in [2.24, 2.45) is 0 Å². The normalized spacial score (nSPS) is 25.2. The monoisotopic (exact) mass is 399 g/mol. The first-order valence-electron chi connectivity index (χ1n) is 11.2. The van der Waals surface area contributed by atoms with Gasteiger partial charge in [0.25, 0.3) is 0 Å². The Kier molecular flexibility index (Phi) is 6.13. The zero-order valence-corrected chi connectivity index (χ0v) is 17.8. The van der Waals surface area contributed by atoms with Crippen LogP contribution in [0.2, 0.25) is 0 Å². The number of carbonyl (C=O) groups excluding carboxylic acids is 2. The van der Waals surface area contributed by atoms with E-state index in [1.54, 1.807) is 6.92 Å². The highest BCUT2D eigenvalue weighted by Crippen LogP contribution is 2.27. The largest absolute Gasteiger partial charge is 0.341 e. The van der Waals surface area contributed by atoms with E-state index >= 15 is 0 Å². The number of aromatic nitrogens is 2. The third-order valence-electron chi connectivity index (χ3n) is 6.86. The first-order chi connectivity index (χ1) is 14.0. The Balaban J connectivity index is 1.36. The summed E-state index contributed by atoms with van der Waals surface area (Å²) in [6.45, 7) is 8.29. The maximum absolute atomic E-state index is 12.9. The molecule has 7 nitrogen and oxygen atoms in total. The molecule has 0 N–H and O–H groups in total. The Bertz CT molecular complexity index is 768. The number of piperidine rings is 1. The van der Waals surface area contributed by atoms with Gasteiger partial charge in [-0.2, -0.15) is 0 Å². The Labute approximate surface area is 173 Å². The van der Waals surface area contributed by atoms with Gasteiger partial charge in [0.1, 0.15) is 5.82 Å². The predicted molar refractivity (Wildman–Crippen MR) is 110 cm³/mol. The summed E-state index contributed by atoms with van der Waals surface area (Å²) >= 11 is 0. The van der Waals surface area contributed by atoms with Crippen LogP contribution in [-0.2, 0) is 22.6 Å². The van der Waals surface area contributed by atoms with E-state index in [-0.39, 0.29) is 17.7 Å². The number of rotatable bonds is 4. The molecule has 2 saturated heterocycles. The van der Waals surface area contributed by atoms with Gasteiger partial charge in [0, 0.05) is 63.2 Å². The van der Waals surface area contributed by atoms with E-state index in [0.29, 0.717) is 19.1 Å². The van der Waals surface area contributed by atoms with Crippen LogP contribution >= 0.6 is 0 Å². The van der Waals surface area contributed by atoms with Crippen molar-refractivity contribution in [3.8, 4) is 0 Å². The van der Waals surface area contributed by atoms with Gasteiger partial charge in [0.05, 0.1) is 12.2 Å². The summed E-state index contributed by atoms with van der Waals surface area (Å²) in [7, 11) is 0. The lowest BCUT2D eigenvalue weighted by Crippen LogP contribution is -2.46. The number of hydrogen-bond acceptors (Lipinski definition) is 5. The smallest absolute Gasteiger partial charge is 0.236 e. The minimum Gasteiger partial charge on any atom is -0.341 e. The van der Waals surface area contributed by atoms with Gasteiger partial charge < -0.3 is 9.80 Å². The predicted octanol–water partition coefficient (Wildman–Crippen LogP) is 1.96. The summed E-state index contributed by atoms with van der Waals surface area (Å²) < 4.78 is 0. The van der Waals surface area contributed by atoms with Gasteiger partial charge in [-0.05, 0) is 32.2 Å². The van der Waals surface area contributed by atoms with Crippen molar-refractivity contribution in [1.82, 2.24) is 24.7 Å². The van der Waals surface area contributed by atoms with E-state index in [9.17, 15) is 9.59 Å². The molecule has 0 aromatic carbocycles. The molecule has 3 aliphatic rings. The molecule has 0 radical (unpaired) electrons. The molecule has 0 spiro atoms. The van der Waals surface area contributed by atoms with Crippen molar-refractivity contribution < 1.29 is 9.59 Å². The zero-order valence-electron chi connectivity index (χ0n) is 17.8. The van der Waals surface area contributed by atoms with Crippen LogP contribution in [0.25, 0.3) is 0 Å². The van der Waals surface area contributed by atoms with Crippen LogP contribution in [0.15, 0.2) is 6.20 Å². The van der Waals surface area contributed by atoms with E-state index in [4.69, 9.17) is 4.98 Å². The number of nitrogens with zero attached hydrogens (tertiary/aromatic N) is 5. The van der Waals surface area contributed by atoms with E-state index in [1.807, 2.05) is 16.0 Å². The van der Waals surface area contributed by atoms with Gasteiger partial charge in [-0.1, -0.05) is 13.3 Å². The van der Waals surface area contributed by atoms with E-state index in [2.05, 4.69) is 16.8 Å². The second-order valence-electron chi connectivity index (χ2n) is 8.74. The molecule has 158 valence electrons. The fraction of sp³-hybridized carbons (Fsp3) is 0.727. The van der Waals surface area contributed by atoms with Gasteiger partial charge in [-0.3, -0.25) is 14.5 Å². The zero-order chi connectivity index (χ0) is 20.4.